The number of rotatable bonds is 5. The average Bonchev–Trinajstić information content (AvgIpc) is 2.18. The molecule has 78 valence electrons. The number of nitrogens with one attached hydrogen (secondary N) is 1. The van der Waals surface area contributed by atoms with E-state index in [1.165, 1.54) is 11.3 Å². The third kappa shape index (κ3) is 3.98. The second-order valence-electron chi connectivity index (χ2n) is 3.61. The fourth-order valence-electron chi connectivity index (χ4n) is 1.01. The van der Waals surface area contributed by atoms with Gasteiger partial charge in [-0.2, -0.15) is 11.8 Å². The van der Waals surface area contributed by atoms with E-state index in [0.29, 0.717) is 5.82 Å². The summed E-state index contributed by atoms with van der Waals surface area (Å²) in [7, 11) is 0. The van der Waals surface area contributed by atoms with Crippen molar-refractivity contribution in [2.75, 3.05) is 11.2 Å². The Morgan fingerprint density at radius 3 is 2.79 bits per heavy atom. The standard InChI is InChI=1S/C10H17N3S/c1-8(2)6-14-7-9-3-4-10(13-11)12-5-9/h3-5,8H,6-7,11H2,1-2H3,(H,12,13). The minimum atomic E-state index is 0.711. The van der Waals surface area contributed by atoms with Crippen molar-refractivity contribution >= 4 is 17.6 Å². The van der Waals surface area contributed by atoms with Crippen molar-refractivity contribution < 1.29 is 0 Å². The molecule has 0 aliphatic carbocycles. The molecule has 1 rings (SSSR count). The first kappa shape index (κ1) is 11.3. The van der Waals surface area contributed by atoms with E-state index < -0.39 is 0 Å². The largest absolute Gasteiger partial charge is 0.308 e. The minimum absolute atomic E-state index is 0.711. The van der Waals surface area contributed by atoms with Crippen molar-refractivity contribution in [1.29, 1.82) is 0 Å². The third-order valence-electron chi connectivity index (χ3n) is 1.69. The lowest BCUT2D eigenvalue weighted by Gasteiger charge is -2.05. The molecule has 1 aromatic rings. The highest BCUT2D eigenvalue weighted by atomic mass is 32.2. The Bertz CT molecular complexity index is 259. The molecule has 0 aliphatic rings. The monoisotopic (exact) mass is 211 g/mol. The molecule has 0 amide bonds. The predicted molar refractivity (Wildman–Crippen MR) is 63.0 cm³/mol. The molecule has 3 nitrogen and oxygen atoms in total. The third-order valence-corrected chi connectivity index (χ3v) is 3.13. The van der Waals surface area contributed by atoms with E-state index in [-0.39, 0.29) is 0 Å². The van der Waals surface area contributed by atoms with Crippen molar-refractivity contribution in [3.05, 3.63) is 23.9 Å². The highest BCUT2D eigenvalue weighted by Crippen LogP contribution is 2.15. The molecule has 0 saturated heterocycles. The second-order valence-corrected chi connectivity index (χ2v) is 4.64. The summed E-state index contributed by atoms with van der Waals surface area (Å²) in [6.45, 7) is 4.46. The van der Waals surface area contributed by atoms with Gasteiger partial charge in [0.2, 0.25) is 0 Å². The lowest BCUT2D eigenvalue weighted by atomic mass is 10.3. The quantitative estimate of drug-likeness (QED) is 0.579. The Morgan fingerprint density at radius 1 is 1.50 bits per heavy atom. The van der Waals surface area contributed by atoms with Gasteiger partial charge in [-0.15, -0.1) is 0 Å². The summed E-state index contributed by atoms with van der Waals surface area (Å²) >= 11 is 1.94. The molecule has 0 spiro atoms. The van der Waals surface area contributed by atoms with Crippen LogP contribution in [0.3, 0.4) is 0 Å². The number of hydrogen-bond acceptors (Lipinski definition) is 4. The number of nitrogens with zero attached hydrogens (tertiary/aromatic N) is 1. The number of hydrogen-bond donors (Lipinski definition) is 2. The number of anilines is 1. The average molecular weight is 211 g/mol. The molecule has 0 saturated carbocycles. The van der Waals surface area contributed by atoms with Gasteiger partial charge < -0.3 is 5.43 Å². The van der Waals surface area contributed by atoms with Crippen molar-refractivity contribution in [1.82, 2.24) is 4.98 Å². The molecule has 1 heterocycles. The van der Waals surface area contributed by atoms with Crippen LogP contribution in [0.15, 0.2) is 18.3 Å². The van der Waals surface area contributed by atoms with Gasteiger partial charge in [0.1, 0.15) is 5.82 Å². The summed E-state index contributed by atoms with van der Waals surface area (Å²) < 4.78 is 0. The fourth-order valence-corrected chi connectivity index (χ4v) is 2.00. The van der Waals surface area contributed by atoms with Crippen molar-refractivity contribution in [2.24, 2.45) is 11.8 Å². The molecule has 0 radical (unpaired) electrons. The van der Waals surface area contributed by atoms with Gasteiger partial charge in [0, 0.05) is 11.9 Å². The van der Waals surface area contributed by atoms with Crippen LogP contribution in [0.5, 0.6) is 0 Å². The summed E-state index contributed by atoms with van der Waals surface area (Å²) in [6, 6.07) is 3.95. The number of nitrogen functional groups attached to an aromatic ring is 1. The Hall–Kier alpha value is -0.740. The van der Waals surface area contributed by atoms with Crippen LogP contribution in [-0.2, 0) is 5.75 Å². The van der Waals surface area contributed by atoms with Gasteiger partial charge in [0.15, 0.2) is 0 Å². The first-order chi connectivity index (χ1) is 6.72. The minimum Gasteiger partial charge on any atom is -0.308 e. The molecule has 0 aliphatic heterocycles. The normalized spacial score (nSPS) is 10.6. The highest BCUT2D eigenvalue weighted by Gasteiger charge is 1.97. The van der Waals surface area contributed by atoms with Gasteiger partial charge in [-0.05, 0) is 23.3 Å². The maximum Gasteiger partial charge on any atom is 0.139 e. The van der Waals surface area contributed by atoms with Crippen LogP contribution in [0.25, 0.3) is 0 Å². The molecule has 4 heteroatoms. The van der Waals surface area contributed by atoms with E-state index in [9.17, 15) is 0 Å². The molecule has 0 unspecified atom stereocenters. The van der Waals surface area contributed by atoms with Crippen LogP contribution in [0.2, 0.25) is 0 Å². The van der Waals surface area contributed by atoms with Gasteiger partial charge in [-0.25, -0.2) is 10.8 Å². The van der Waals surface area contributed by atoms with Crippen LogP contribution < -0.4 is 11.3 Å². The van der Waals surface area contributed by atoms with E-state index in [0.717, 1.165) is 11.7 Å². The number of aromatic nitrogens is 1. The molecule has 0 bridgehead atoms. The Labute approximate surface area is 89.5 Å². The number of thioether (sulfide) groups is 1. The Kier molecular flexibility index (Phi) is 4.76. The maximum absolute atomic E-state index is 5.22. The van der Waals surface area contributed by atoms with Crippen LogP contribution in [0.4, 0.5) is 5.82 Å². The summed E-state index contributed by atoms with van der Waals surface area (Å²) in [4.78, 5) is 4.15. The topological polar surface area (TPSA) is 50.9 Å². The summed E-state index contributed by atoms with van der Waals surface area (Å²) in [5.41, 5.74) is 3.76. The molecule has 1 aromatic heterocycles. The van der Waals surface area contributed by atoms with Gasteiger partial charge in [0.05, 0.1) is 0 Å². The number of pyridine rings is 1. The Morgan fingerprint density at radius 2 is 2.29 bits per heavy atom. The maximum atomic E-state index is 5.22. The summed E-state index contributed by atoms with van der Waals surface area (Å²) in [6.07, 6.45) is 1.86. The first-order valence-electron chi connectivity index (χ1n) is 4.71. The SMILES string of the molecule is CC(C)CSCc1ccc(NN)nc1. The number of hydrazine groups is 1. The first-order valence-corrected chi connectivity index (χ1v) is 5.87. The summed E-state index contributed by atoms with van der Waals surface area (Å²) in [5.74, 6) is 8.90. The van der Waals surface area contributed by atoms with E-state index >= 15 is 0 Å². The smallest absolute Gasteiger partial charge is 0.139 e. The van der Waals surface area contributed by atoms with E-state index in [1.807, 2.05) is 24.0 Å². The molecule has 14 heavy (non-hydrogen) atoms. The van der Waals surface area contributed by atoms with Gasteiger partial charge in [-0.1, -0.05) is 19.9 Å². The lowest BCUT2D eigenvalue weighted by Crippen LogP contribution is -2.08. The summed E-state index contributed by atoms with van der Waals surface area (Å²) in [5, 5.41) is 0. The molecular formula is C10H17N3S. The number of nitrogens with two attached hydrogens (primary N) is 1. The zero-order valence-electron chi connectivity index (χ0n) is 8.66. The van der Waals surface area contributed by atoms with Crippen molar-refractivity contribution in [2.45, 2.75) is 19.6 Å². The lowest BCUT2D eigenvalue weighted by molar-refractivity contribution is 0.750. The Balaban J connectivity index is 2.36. The van der Waals surface area contributed by atoms with Crippen LogP contribution in [-0.4, -0.2) is 10.7 Å². The van der Waals surface area contributed by atoms with Crippen LogP contribution >= 0.6 is 11.8 Å². The van der Waals surface area contributed by atoms with E-state index in [4.69, 9.17) is 5.84 Å². The zero-order chi connectivity index (χ0) is 10.4. The van der Waals surface area contributed by atoms with Crippen LogP contribution in [0.1, 0.15) is 19.4 Å². The molecule has 0 fully saturated rings. The van der Waals surface area contributed by atoms with E-state index in [1.54, 1.807) is 0 Å². The predicted octanol–water partition coefficient (Wildman–Crippen LogP) is 2.26. The van der Waals surface area contributed by atoms with Gasteiger partial charge in [0.25, 0.3) is 0 Å². The molecular weight excluding hydrogens is 194 g/mol. The van der Waals surface area contributed by atoms with E-state index in [2.05, 4.69) is 30.3 Å². The van der Waals surface area contributed by atoms with Gasteiger partial charge >= 0.3 is 0 Å². The molecule has 0 aromatic carbocycles. The van der Waals surface area contributed by atoms with Crippen molar-refractivity contribution in [3.63, 3.8) is 0 Å². The second kappa shape index (κ2) is 5.88. The molecule has 0 atom stereocenters. The molecule has 3 N–H and O–H groups in total. The highest BCUT2D eigenvalue weighted by molar-refractivity contribution is 7.98. The van der Waals surface area contributed by atoms with Crippen LogP contribution in [0, 0.1) is 5.92 Å². The van der Waals surface area contributed by atoms with Crippen molar-refractivity contribution in [3.8, 4) is 0 Å². The zero-order valence-corrected chi connectivity index (χ0v) is 9.47. The van der Waals surface area contributed by atoms with Gasteiger partial charge in [-0.3, -0.25) is 0 Å². The fraction of sp³-hybridized carbons (Fsp3) is 0.500.